The van der Waals surface area contributed by atoms with Gasteiger partial charge in [-0.05, 0) is 103 Å². The number of amides is 4. The standard InChI is InChI=1S/C49H55FN8O7/c1-6-27-21-40(27)57(47(60)43(26(2)3)56-49(62)64-5)25-42-51-24-38(53-42)34-12-8-30(20-36(34)50)29-7-11-33-31(19-29)9-13-37-44(33)55-45(54-37)39-14-10-32-22-41(32)58(39)46(59)35(23-52-48(61)63-4)28-15-17-65-18-16-28/h6-9,11-13,19-20,23-24,26-28,32,35,39-41,43H,1,10,14-18,21-22,25H2,2-5H3,(H,51,53)(H,54,55)(H,56,62)/b52-23+/t27?,32-,35?,39-,40+,41?,43-/m0/s1. The second-order valence-electron chi connectivity index (χ2n) is 18.1. The molecule has 5 aromatic rings. The number of ether oxygens (including phenoxy) is 3. The van der Waals surface area contributed by atoms with Crippen molar-refractivity contribution < 1.29 is 37.8 Å². The maximum atomic E-state index is 16.0. The van der Waals surface area contributed by atoms with Crippen LogP contribution in [0.4, 0.5) is 14.0 Å². The number of H-pyrrole nitrogens is 2. The number of nitrogens with zero attached hydrogens (tertiary/aromatic N) is 5. The van der Waals surface area contributed by atoms with Gasteiger partial charge in [-0.2, -0.15) is 4.99 Å². The Balaban J connectivity index is 0.939. The number of imidazole rings is 2. The van der Waals surface area contributed by atoms with E-state index in [2.05, 4.69) is 31.8 Å². The molecule has 3 N–H and O–H groups in total. The van der Waals surface area contributed by atoms with E-state index in [1.807, 2.05) is 61.2 Å². The highest BCUT2D eigenvalue weighted by atomic mass is 19.1. The number of hydrogen-bond acceptors (Lipinski definition) is 9. The topological polar surface area (TPSA) is 184 Å². The SMILES string of the molecule is C=CC1C[C@H]1N(Cc1ncc(-c2ccc(-c3ccc4c(ccc5[nH]c([C@@H]6CC[C@H]7CC7N6C(=O)C(/C=N/C(=O)OC)C6CCOCC6)nc54)c3)cc2F)[nH]1)C(=O)[C@@H](NC(=O)OC)C(C)C. The zero-order valence-electron chi connectivity index (χ0n) is 37.1. The zero-order valence-corrected chi connectivity index (χ0v) is 37.1. The molecule has 2 aliphatic heterocycles. The fraction of sp³-hybridized carbons (Fsp3) is 0.449. The first-order valence-corrected chi connectivity index (χ1v) is 22.5. The first kappa shape index (κ1) is 43.8. The molecule has 4 amide bonds. The molecular weight excluding hydrogens is 832 g/mol. The van der Waals surface area contributed by atoms with E-state index in [4.69, 9.17) is 19.2 Å². The monoisotopic (exact) mass is 886 g/mol. The van der Waals surface area contributed by atoms with Crippen LogP contribution in [0.5, 0.6) is 0 Å². The molecule has 4 fully saturated rings. The van der Waals surface area contributed by atoms with Crippen LogP contribution >= 0.6 is 0 Å². The van der Waals surface area contributed by atoms with E-state index >= 15 is 4.39 Å². The molecule has 16 heteroatoms. The van der Waals surface area contributed by atoms with Gasteiger partial charge in [0.25, 0.3) is 0 Å². The summed E-state index contributed by atoms with van der Waals surface area (Å²) < 4.78 is 31.2. The van der Waals surface area contributed by atoms with Gasteiger partial charge in [0.2, 0.25) is 11.8 Å². The number of aliphatic imine (C=N–C) groups is 1. The van der Waals surface area contributed by atoms with Gasteiger partial charge in [0.15, 0.2) is 0 Å². The molecule has 0 bridgehead atoms. The summed E-state index contributed by atoms with van der Waals surface area (Å²) in [5.41, 5.74) is 3.98. The Bertz CT molecular complexity index is 2670. The van der Waals surface area contributed by atoms with Crippen LogP contribution in [0.1, 0.15) is 70.1 Å². The molecule has 15 nitrogen and oxygen atoms in total. The number of alkyl carbamates (subject to hydrolysis) is 1. The number of benzene rings is 3. The van der Waals surface area contributed by atoms with Crippen LogP contribution in [-0.2, 0) is 30.3 Å². The Morgan fingerprint density at radius 2 is 1.80 bits per heavy atom. The van der Waals surface area contributed by atoms with Crippen LogP contribution in [0.15, 0.2) is 72.4 Å². The van der Waals surface area contributed by atoms with E-state index in [9.17, 15) is 19.2 Å². The lowest BCUT2D eigenvalue weighted by atomic mass is 9.84. The van der Waals surface area contributed by atoms with E-state index in [-0.39, 0.29) is 54.2 Å². The summed E-state index contributed by atoms with van der Waals surface area (Å²) >= 11 is 0. The fourth-order valence-corrected chi connectivity index (χ4v) is 9.90. The molecule has 3 aromatic carbocycles. The Morgan fingerprint density at radius 1 is 1.02 bits per heavy atom. The number of piperidine rings is 1. The number of rotatable bonds is 13. The van der Waals surface area contributed by atoms with Crippen molar-refractivity contribution in [2.75, 3.05) is 27.4 Å². The number of aromatic amines is 2. The van der Waals surface area contributed by atoms with Crippen LogP contribution in [0, 0.1) is 35.4 Å². The maximum absolute atomic E-state index is 16.0. The molecule has 3 unspecified atom stereocenters. The minimum Gasteiger partial charge on any atom is -0.453 e. The predicted molar refractivity (Wildman–Crippen MR) is 242 cm³/mol. The van der Waals surface area contributed by atoms with Crippen LogP contribution < -0.4 is 5.32 Å². The molecule has 2 aromatic heterocycles. The average Bonchev–Trinajstić information content (AvgIpc) is 4.19. The normalized spacial score (nSPS) is 22.7. The first-order valence-electron chi connectivity index (χ1n) is 22.5. The van der Waals surface area contributed by atoms with Crippen molar-refractivity contribution in [3.63, 3.8) is 0 Å². The number of fused-ring (bicyclic) bond motifs is 4. The lowest BCUT2D eigenvalue weighted by Gasteiger charge is -2.38. The van der Waals surface area contributed by atoms with Crippen LogP contribution in [0.3, 0.4) is 0 Å². The lowest BCUT2D eigenvalue weighted by molar-refractivity contribution is -0.140. The highest BCUT2D eigenvalue weighted by Crippen LogP contribution is 2.51. The van der Waals surface area contributed by atoms with Crippen LogP contribution in [-0.4, -0.2) is 106 Å². The summed E-state index contributed by atoms with van der Waals surface area (Å²) in [4.78, 5) is 76.7. The van der Waals surface area contributed by atoms with E-state index in [1.54, 1.807) is 17.2 Å². The van der Waals surface area contributed by atoms with Gasteiger partial charge in [0, 0.05) is 42.5 Å². The Labute approximate surface area is 376 Å². The zero-order chi connectivity index (χ0) is 45.5. The molecule has 9 rings (SSSR count). The number of halogens is 1. The fourth-order valence-electron chi connectivity index (χ4n) is 9.90. The van der Waals surface area contributed by atoms with E-state index in [1.165, 1.54) is 26.5 Å². The molecule has 0 radical (unpaired) electrons. The van der Waals surface area contributed by atoms with E-state index in [0.29, 0.717) is 54.6 Å². The van der Waals surface area contributed by atoms with E-state index < -0.39 is 30.0 Å². The highest BCUT2D eigenvalue weighted by Gasteiger charge is 2.52. The molecule has 4 heterocycles. The van der Waals surface area contributed by atoms with Gasteiger partial charge < -0.3 is 39.3 Å². The second kappa shape index (κ2) is 18.2. The quantitative estimate of drug-likeness (QED) is 0.0776. The summed E-state index contributed by atoms with van der Waals surface area (Å²) in [5, 5.41) is 4.53. The first-order chi connectivity index (χ1) is 31.5. The number of carbonyl (C=O) groups is 4. The van der Waals surface area contributed by atoms with Crippen LogP contribution in [0.25, 0.3) is 44.2 Å². The largest absolute Gasteiger partial charge is 0.453 e. The molecule has 2 saturated heterocycles. The van der Waals surface area contributed by atoms with Gasteiger partial charge in [-0.3, -0.25) is 9.59 Å². The second-order valence-corrected chi connectivity index (χ2v) is 18.1. The Hall–Kier alpha value is -6.42. The average molecular weight is 887 g/mol. The third-order valence-electron chi connectivity index (χ3n) is 13.7. The minimum atomic E-state index is -0.801. The lowest BCUT2D eigenvalue weighted by Crippen LogP contribution is -2.52. The predicted octanol–water partition coefficient (Wildman–Crippen LogP) is 8.13. The van der Waals surface area contributed by atoms with Gasteiger partial charge >= 0.3 is 12.2 Å². The van der Waals surface area contributed by atoms with Crippen molar-refractivity contribution in [2.45, 2.75) is 83.1 Å². The van der Waals surface area contributed by atoms with Crippen molar-refractivity contribution in [3.8, 4) is 22.4 Å². The third-order valence-corrected chi connectivity index (χ3v) is 13.7. The van der Waals surface area contributed by atoms with Crippen LogP contribution in [0.2, 0.25) is 0 Å². The molecule has 7 atom stereocenters. The van der Waals surface area contributed by atoms with Gasteiger partial charge in [0.05, 0.1) is 55.6 Å². The smallest absolute Gasteiger partial charge is 0.432 e. The third kappa shape index (κ3) is 8.87. The van der Waals surface area contributed by atoms with Crippen molar-refractivity contribution >= 4 is 52.0 Å². The minimum absolute atomic E-state index is 0.00182. The Morgan fingerprint density at radius 3 is 2.52 bits per heavy atom. The van der Waals surface area contributed by atoms with Crippen molar-refractivity contribution in [1.29, 1.82) is 0 Å². The number of carbonyl (C=O) groups excluding carboxylic acids is 4. The van der Waals surface area contributed by atoms with Crippen molar-refractivity contribution in [3.05, 3.63) is 84.8 Å². The molecule has 65 heavy (non-hydrogen) atoms. The summed E-state index contributed by atoms with van der Waals surface area (Å²) in [5.74, 6) is 0.296. The molecule has 340 valence electrons. The molecule has 4 aliphatic rings. The number of likely N-dealkylation sites (tertiary alicyclic amines) is 1. The van der Waals surface area contributed by atoms with Gasteiger partial charge in [-0.25, -0.2) is 23.9 Å². The molecule has 2 saturated carbocycles. The summed E-state index contributed by atoms with van der Waals surface area (Å²) in [6.45, 7) is 8.88. The molecular formula is C49H55FN8O7. The molecule has 2 aliphatic carbocycles. The Kier molecular flexibility index (Phi) is 12.3. The van der Waals surface area contributed by atoms with Gasteiger partial charge in [-0.1, -0.05) is 44.2 Å². The number of methoxy groups -OCH3 is 2. The van der Waals surface area contributed by atoms with Crippen molar-refractivity contribution in [1.82, 2.24) is 35.1 Å². The maximum Gasteiger partial charge on any atom is 0.432 e. The number of hydrogen-bond donors (Lipinski definition) is 3. The van der Waals surface area contributed by atoms with Crippen molar-refractivity contribution in [2.24, 2.45) is 34.6 Å². The summed E-state index contributed by atoms with van der Waals surface area (Å²) in [6.07, 6.45) is 8.35. The van der Waals surface area contributed by atoms with Gasteiger partial charge in [-0.15, -0.1) is 6.58 Å². The number of aromatic nitrogens is 4. The summed E-state index contributed by atoms with van der Waals surface area (Å²) in [6, 6.07) is 14.1. The highest BCUT2D eigenvalue weighted by molar-refractivity contribution is 6.05. The molecule has 0 spiro atoms. The van der Waals surface area contributed by atoms with E-state index in [0.717, 1.165) is 58.9 Å². The number of nitrogens with one attached hydrogen (secondary N) is 3. The summed E-state index contributed by atoms with van der Waals surface area (Å²) in [7, 11) is 2.53. The van der Waals surface area contributed by atoms with Gasteiger partial charge in [0.1, 0.15) is 23.5 Å².